The maximum absolute atomic E-state index is 12.2. The first-order chi connectivity index (χ1) is 9.80. The van der Waals surface area contributed by atoms with Crippen LogP contribution in [0.5, 0.6) is 0 Å². The van der Waals surface area contributed by atoms with E-state index in [4.69, 9.17) is 16.9 Å². The molecule has 0 spiro atoms. The van der Waals surface area contributed by atoms with Gasteiger partial charge in [-0.15, -0.1) is 0 Å². The average Bonchev–Trinajstić information content (AvgIpc) is 2.72. The molecule has 0 aliphatic carbocycles. The molecule has 0 atom stereocenters. The number of nitriles is 1. The summed E-state index contributed by atoms with van der Waals surface area (Å²) in [6.07, 6.45) is 1.44. The van der Waals surface area contributed by atoms with E-state index in [2.05, 4.69) is 25.8 Å². The van der Waals surface area contributed by atoms with Gasteiger partial charge in [-0.3, -0.25) is 9.40 Å². The summed E-state index contributed by atoms with van der Waals surface area (Å²) in [4.78, 5) is 0. The van der Waals surface area contributed by atoms with Crippen LogP contribution in [0.1, 0.15) is 11.1 Å². The first-order valence-electron chi connectivity index (χ1n) is 5.69. The average molecular weight is 390 g/mol. The zero-order valence-electron chi connectivity index (χ0n) is 10.8. The van der Waals surface area contributed by atoms with Crippen LogP contribution in [0.3, 0.4) is 0 Å². The van der Waals surface area contributed by atoms with E-state index in [1.54, 1.807) is 25.2 Å². The third kappa shape index (κ3) is 3.97. The van der Waals surface area contributed by atoms with E-state index < -0.39 is 10.0 Å². The molecule has 9 heteroatoms. The van der Waals surface area contributed by atoms with E-state index in [0.29, 0.717) is 15.1 Å². The first-order valence-corrected chi connectivity index (χ1v) is 8.51. The Hall–Kier alpha value is -1.56. The van der Waals surface area contributed by atoms with Gasteiger partial charge in [-0.1, -0.05) is 33.6 Å². The minimum atomic E-state index is -3.69. The number of nitrogens with one attached hydrogen (secondary N) is 1. The zero-order valence-corrected chi connectivity index (χ0v) is 14.0. The van der Waals surface area contributed by atoms with Gasteiger partial charge < -0.3 is 0 Å². The van der Waals surface area contributed by atoms with Crippen LogP contribution in [0.4, 0.5) is 5.82 Å². The van der Waals surface area contributed by atoms with E-state index in [0.717, 1.165) is 0 Å². The lowest BCUT2D eigenvalue weighted by atomic mass is 10.2. The Labute approximate surface area is 135 Å². The minimum Gasteiger partial charge on any atom is -0.272 e. The standard InChI is InChI=1S/C12H10BrClN4O2S/c1-18-6-9(5-15)12(16-18)17-21(19,20)7-8-2-3-10(14)4-11(8)13/h2-4,6H,7H2,1H3,(H,16,17). The highest BCUT2D eigenvalue weighted by Crippen LogP contribution is 2.24. The van der Waals surface area contributed by atoms with Crippen LogP contribution in [0.2, 0.25) is 5.02 Å². The second kappa shape index (κ2) is 6.05. The summed E-state index contributed by atoms with van der Waals surface area (Å²) >= 11 is 9.09. The number of aromatic nitrogens is 2. The van der Waals surface area contributed by atoms with Crippen molar-refractivity contribution in [2.24, 2.45) is 7.05 Å². The Bertz CT molecular complexity index is 826. The van der Waals surface area contributed by atoms with Crippen LogP contribution in [-0.2, 0) is 22.8 Å². The van der Waals surface area contributed by atoms with E-state index >= 15 is 0 Å². The molecular weight excluding hydrogens is 380 g/mol. The van der Waals surface area contributed by atoms with Crippen LogP contribution in [0.25, 0.3) is 0 Å². The van der Waals surface area contributed by atoms with Crippen molar-refractivity contribution < 1.29 is 8.42 Å². The summed E-state index contributed by atoms with van der Waals surface area (Å²) < 4.78 is 28.6. The summed E-state index contributed by atoms with van der Waals surface area (Å²) in [6, 6.07) is 6.73. The predicted molar refractivity (Wildman–Crippen MR) is 83.3 cm³/mol. The highest BCUT2D eigenvalue weighted by Gasteiger charge is 2.18. The van der Waals surface area contributed by atoms with Crippen molar-refractivity contribution in [3.8, 4) is 6.07 Å². The van der Waals surface area contributed by atoms with Crippen LogP contribution in [0.15, 0.2) is 28.9 Å². The van der Waals surface area contributed by atoms with Gasteiger partial charge >= 0.3 is 0 Å². The maximum atomic E-state index is 12.2. The maximum Gasteiger partial charge on any atom is 0.238 e. The fourth-order valence-corrected chi connectivity index (χ4v) is 3.86. The second-order valence-electron chi connectivity index (χ2n) is 4.27. The normalized spacial score (nSPS) is 11.1. The van der Waals surface area contributed by atoms with Gasteiger partial charge in [-0.05, 0) is 17.7 Å². The number of nitrogens with zero attached hydrogens (tertiary/aromatic N) is 3. The topological polar surface area (TPSA) is 87.8 Å². The van der Waals surface area contributed by atoms with Gasteiger partial charge in [0.15, 0.2) is 5.82 Å². The zero-order chi connectivity index (χ0) is 15.6. The monoisotopic (exact) mass is 388 g/mol. The fourth-order valence-electron chi connectivity index (χ4n) is 1.67. The van der Waals surface area contributed by atoms with Gasteiger partial charge in [0.05, 0.1) is 5.75 Å². The van der Waals surface area contributed by atoms with Crippen molar-refractivity contribution in [1.82, 2.24) is 9.78 Å². The summed E-state index contributed by atoms with van der Waals surface area (Å²) in [5.74, 6) is -0.239. The molecule has 1 heterocycles. The molecule has 0 aliphatic heterocycles. The molecule has 110 valence electrons. The minimum absolute atomic E-state index is 0.0186. The molecule has 0 radical (unpaired) electrons. The molecule has 2 aromatic rings. The number of hydrogen-bond acceptors (Lipinski definition) is 4. The van der Waals surface area contributed by atoms with E-state index in [1.807, 2.05) is 6.07 Å². The number of aryl methyl sites for hydroxylation is 1. The van der Waals surface area contributed by atoms with Crippen molar-refractivity contribution in [1.29, 1.82) is 5.26 Å². The highest BCUT2D eigenvalue weighted by atomic mass is 79.9. The molecule has 2 rings (SSSR count). The fraction of sp³-hybridized carbons (Fsp3) is 0.167. The Morgan fingerprint density at radius 2 is 2.24 bits per heavy atom. The Morgan fingerprint density at radius 1 is 1.52 bits per heavy atom. The third-order valence-electron chi connectivity index (χ3n) is 2.56. The molecule has 0 amide bonds. The number of sulfonamides is 1. The van der Waals surface area contributed by atoms with Gasteiger partial charge in [0.1, 0.15) is 11.6 Å². The SMILES string of the molecule is Cn1cc(C#N)c(NS(=O)(=O)Cc2ccc(Cl)cc2Br)n1. The van der Waals surface area contributed by atoms with Gasteiger partial charge in [-0.2, -0.15) is 10.4 Å². The quantitative estimate of drug-likeness (QED) is 0.870. The van der Waals surface area contributed by atoms with Crippen molar-refractivity contribution in [3.63, 3.8) is 0 Å². The van der Waals surface area contributed by atoms with Gasteiger partial charge in [0.25, 0.3) is 0 Å². The lowest BCUT2D eigenvalue weighted by Gasteiger charge is -2.08. The highest BCUT2D eigenvalue weighted by molar-refractivity contribution is 9.10. The second-order valence-corrected chi connectivity index (χ2v) is 7.29. The lowest BCUT2D eigenvalue weighted by Crippen LogP contribution is -2.16. The smallest absolute Gasteiger partial charge is 0.238 e. The lowest BCUT2D eigenvalue weighted by molar-refractivity contribution is 0.600. The predicted octanol–water partition coefficient (Wildman–Crippen LogP) is 2.65. The Morgan fingerprint density at radius 3 is 2.86 bits per heavy atom. The molecule has 0 saturated heterocycles. The molecule has 1 aromatic heterocycles. The molecule has 21 heavy (non-hydrogen) atoms. The number of rotatable bonds is 4. The Kier molecular flexibility index (Phi) is 4.56. The molecule has 0 bridgehead atoms. The summed E-state index contributed by atoms with van der Waals surface area (Å²) in [5, 5.41) is 13.4. The molecule has 6 nitrogen and oxygen atoms in total. The third-order valence-corrected chi connectivity index (χ3v) is 4.73. The van der Waals surface area contributed by atoms with Gasteiger partial charge in [0, 0.05) is 22.7 Å². The molecule has 0 unspecified atom stereocenters. The van der Waals surface area contributed by atoms with Crippen molar-refractivity contribution >= 4 is 43.4 Å². The molecule has 0 saturated carbocycles. The van der Waals surface area contributed by atoms with E-state index in [-0.39, 0.29) is 17.1 Å². The largest absolute Gasteiger partial charge is 0.272 e. The van der Waals surface area contributed by atoms with E-state index in [1.165, 1.54) is 10.9 Å². The summed E-state index contributed by atoms with van der Waals surface area (Å²) in [5.41, 5.74) is 0.720. The van der Waals surface area contributed by atoms with Crippen molar-refractivity contribution in [3.05, 3.63) is 45.0 Å². The molecule has 0 aliphatic rings. The molecule has 1 aromatic carbocycles. The number of hydrogen-bond donors (Lipinski definition) is 1. The van der Waals surface area contributed by atoms with Gasteiger partial charge in [0.2, 0.25) is 10.0 Å². The van der Waals surface area contributed by atoms with Crippen LogP contribution < -0.4 is 4.72 Å². The van der Waals surface area contributed by atoms with E-state index in [9.17, 15) is 8.42 Å². The summed E-state index contributed by atoms with van der Waals surface area (Å²) in [6.45, 7) is 0. The van der Waals surface area contributed by atoms with Crippen molar-refractivity contribution in [2.75, 3.05) is 4.72 Å². The number of benzene rings is 1. The first kappa shape index (κ1) is 15.8. The molecule has 1 N–H and O–H groups in total. The van der Waals surface area contributed by atoms with Crippen LogP contribution in [-0.4, -0.2) is 18.2 Å². The van der Waals surface area contributed by atoms with Gasteiger partial charge in [-0.25, -0.2) is 8.42 Å². The summed E-state index contributed by atoms with van der Waals surface area (Å²) in [7, 11) is -2.09. The van der Waals surface area contributed by atoms with Crippen LogP contribution >= 0.6 is 27.5 Å². The van der Waals surface area contributed by atoms with Crippen molar-refractivity contribution in [2.45, 2.75) is 5.75 Å². The number of halogens is 2. The number of anilines is 1. The Balaban J connectivity index is 2.25. The van der Waals surface area contributed by atoms with Crippen LogP contribution in [0, 0.1) is 11.3 Å². The molecular formula is C12H10BrClN4O2S. The molecule has 0 fully saturated rings.